The molecule has 1 atom stereocenters. The van der Waals surface area contributed by atoms with E-state index in [-0.39, 0.29) is 12.1 Å². The summed E-state index contributed by atoms with van der Waals surface area (Å²) in [6, 6.07) is 14.1. The standard InChI is InChI=1S/C22H29N3O2/c1-3-25(18-8-4-6-16(2)14-18)13-12-23-22(27)24-21-9-5-7-17-10-11-19(26)15-20(17)21/h4-9,14,19,26H,3,10-13,15H2,1-2H3,(H2,23,24,27)/t19-/m1/s1. The summed E-state index contributed by atoms with van der Waals surface area (Å²) in [4.78, 5) is 14.6. The molecule has 2 amide bonds. The maximum absolute atomic E-state index is 12.3. The van der Waals surface area contributed by atoms with Gasteiger partial charge in [-0.05, 0) is 61.6 Å². The number of carbonyl (C=O) groups is 1. The van der Waals surface area contributed by atoms with E-state index in [4.69, 9.17) is 0 Å². The van der Waals surface area contributed by atoms with Crippen molar-refractivity contribution in [1.82, 2.24) is 5.32 Å². The number of aliphatic hydroxyl groups excluding tert-OH is 1. The third-order valence-electron chi connectivity index (χ3n) is 5.12. The zero-order valence-electron chi connectivity index (χ0n) is 16.2. The predicted molar refractivity (Wildman–Crippen MR) is 111 cm³/mol. The van der Waals surface area contributed by atoms with Crippen LogP contribution in [-0.4, -0.2) is 36.9 Å². The van der Waals surface area contributed by atoms with Crippen LogP contribution in [0.4, 0.5) is 16.2 Å². The number of hydrogen-bond donors (Lipinski definition) is 3. The molecule has 1 aliphatic rings. The van der Waals surface area contributed by atoms with E-state index in [1.165, 1.54) is 16.8 Å². The Labute approximate surface area is 161 Å². The molecular weight excluding hydrogens is 338 g/mol. The number of aryl methyl sites for hydroxylation is 2. The molecule has 0 radical (unpaired) electrons. The number of nitrogens with one attached hydrogen (secondary N) is 2. The summed E-state index contributed by atoms with van der Waals surface area (Å²) in [5.74, 6) is 0. The first-order valence-corrected chi connectivity index (χ1v) is 9.72. The number of rotatable bonds is 6. The van der Waals surface area contributed by atoms with Crippen LogP contribution in [0.15, 0.2) is 42.5 Å². The predicted octanol–water partition coefficient (Wildman–Crippen LogP) is 3.49. The summed E-state index contributed by atoms with van der Waals surface area (Å²) in [7, 11) is 0. The van der Waals surface area contributed by atoms with Crippen molar-refractivity contribution >= 4 is 17.4 Å². The lowest BCUT2D eigenvalue weighted by Gasteiger charge is -2.25. The number of nitrogens with zero attached hydrogens (tertiary/aromatic N) is 1. The van der Waals surface area contributed by atoms with Crippen LogP contribution in [0.3, 0.4) is 0 Å². The van der Waals surface area contributed by atoms with Gasteiger partial charge < -0.3 is 20.6 Å². The Kier molecular flexibility index (Phi) is 6.35. The van der Waals surface area contributed by atoms with Crippen LogP contribution < -0.4 is 15.5 Å². The zero-order valence-corrected chi connectivity index (χ0v) is 16.2. The number of hydrogen-bond acceptors (Lipinski definition) is 3. The maximum atomic E-state index is 12.3. The molecule has 0 bridgehead atoms. The number of carbonyl (C=O) groups excluding carboxylic acids is 1. The van der Waals surface area contributed by atoms with Crippen LogP contribution in [0.25, 0.3) is 0 Å². The fraction of sp³-hybridized carbons (Fsp3) is 0.409. The van der Waals surface area contributed by atoms with Gasteiger partial charge in [-0.15, -0.1) is 0 Å². The van der Waals surface area contributed by atoms with Crippen molar-refractivity contribution in [3.8, 4) is 0 Å². The van der Waals surface area contributed by atoms with Crippen LogP contribution in [-0.2, 0) is 12.8 Å². The number of aliphatic hydroxyl groups is 1. The zero-order chi connectivity index (χ0) is 19.2. The summed E-state index contributed by atoms with van der Waals surface area (Å²) >= 11 is 0. The van der Waals surface area contributed by atoms with E-state index in [1.807, 2.05) is 12.1 Å². The van der Waals surface area contributed by atoms with Crippen LogP contribution in [0.1, 0.15) is 30.0 Å². The highest BCUT2D eigenvalue weighted by Crippen LogP contribution is 2.28. The van der Waals surface area contributed by atoms with Gasteiger partial charge >= 0.3 is 6.03 Å². The van der Waals surface area contributed by atoms with Crippen molar-refractivity contribution in [2.45, 2.75) is 39.2 Å². The Morgan fingerprint density at radius 2 is 2.07 bits per heavy atom. The van der Waals surface area contributed by atoms with E-state index in [0.29, 0.717) is 13.0 Å². The summed E-state index contributed by atoms with van der Waals surface area (Å²) in [5.41, 5.74) is 5.48. The molecule has 144 valence electrons. The monoisotopic (exact) mass is 367 g/mol. The molecular formula is C22H29N3O2. The van der Waals surface area contributed by atoms with E-state index in [9.17, 15) is 9.90 Å². The van der Waals surface area contributed by atoms with Crippen molar-refractivity contribution in [2.24, 2.45) is 0 Å². The largest absolute Gasteiger partial charge is 0.393 e. The van der Waals surface area contributed by atoms with Crippen molar-refractivity contribution in [3.63, 3.8) is 0 Å². The van der Waals surface area contributed by atoms with Gasteiger partial charge in [-0.3, -0.25) is 0 Å². The molecule has 0 unspecified atom stereocenters. The summed E-state index contributed by atoms with van der Waals surface area (Å²) in [6.07, 6.45) is 1.92. The van der Waals surface area contributed by atoms with Gasteiger partial charge in [0.05, 0.1) is 6.10 Å². The molecule has 3 N–H and O–H groups in total. The van der Waals surface area contributed by atoms with Gasteiger partial charge in [-0.1, -0.05) is 24.3 Å². The normalized spacial score (nSPS) is 15.7. The molecule has 0 saturated carbocycles. The van der Waals surface area contributed by atoms with Crippen molar-refractivity contribution in [3.05, 3.63) is 59.2 Å². The topological polar surface area (TPSA) is 64.6 Å². The molecule has 3 rings (SSSR count). The van der Waals surface area contributed by atoms with E-state index in [2.05, 4.69) is 59.7 Å². The Bertz CT molecular complexity index is 791. The van der Waals surface area contributed by atoms with Gasteiger partial charge in [0.15, 0.2) is 0 Å². The van der Waals surface area contributed by atoms with Crippen molar-refractivity contribution < 1.29 is 9.90 Å². The highest BCUT2D eigenvalue weighted by molar-refractivity contribution is 5.90. The third kappa shape index (κ3) is 5.01. The molecule has 2 aromatic carbocycles. The average molecular weight is 367 g/mol. The molecule has 0 fully saturated rings. The second-order valence-corrected chi connectivity index (χ2v) is 7.14. The third-order valence-corrected chi connectivity index (χ3v) is 5.12. The molecule has 0 aliphatic heterocycles. The molecule has 27 heavy (non-hydrogen) atoms. The first-order chi connectivity index (χ1) is 13.1. The molecule has 0 spiro atoms. The molecule has 5 nitrogen and oxygen atoms in total. The number of urea groups is 1. The smallest absolute Gasteiger partial charge is 0.319 e. The number of benzene rings is 2. The number of anilines is 2. The second-order valence-electron chi connectivity index (χ2n) is 7.14. The first-order valence-electron chi connectivity index (χ1n) is 9.72. The lowest BCUT2D eigenvalue weighted by molar-refractivity contribution is 0.159. The molecule has 0 heterocycles. The van der Waals surface area contributed by atoms with Gasteiger partial charge in [0.1, 0.15) is 0 Å². The van der Waals surface area contributed by atoms with Crippen LogP contribution in [0.5, 0.6) is 0 Å². The molecule has 5 heteroatoms. The van der Waals surface area contributed by atoms with Gasteiger partial charge in [0, 0.05) is 37.4 Å². The molecule has 2 aromatic rings. The quantitative estimate of drug-likeness (QED) is 0.732. The van der Waals surface area contributed by atoms with Crippen molar-refractivity contribution in [1.29, 1.82) is 0 Å². The minimum atomic E-state index is -0.323. The number of amides is 2. The Morgan fingerprint density at radius 3 is 2.85 bits per heavy atom. The number of likely N-dealkylation sites (N-methyl/N-ethyl adjacent to an activating group) is 1. The van der Waals surface area contributed by atoms with E-state index >= 15 is 0 Å². The SMILES string of the molecule is CCN(CCNC(=O)Nc1cccc2c1C[C@H](O)CC2)c1cccc(C)c1. The Hall–Kier alpha value is -2.53. The lowest BCUT2D eigenvalue weighted by atomic mass is 9.88. The summed E-state index contributed by atoms with van der Waals surface area (Å²) in [6.45, 7) is 6.39. The van der Waals surface area contributed by atoms with Gasteiger partial charge in [0.2, 0.25) is 0 Å². The fourth-order valence-corrected chi connectivity index (χ4v) is 3.65. The molecule has 0 aromatic heterocycles. The van der Waals surface area contributed by atoms with Gasteiger partial charge in [-0.25, -0.2) is 4.79 Å². The minimum Gasteiger partial charge on any atom is -0.393 e. The summed E-state index contributed by atoms with van der Waals surface area (Å²) < 4.78 is 0. The lowest BCUT2D eigenvalue weighted by Crippen LogP contribution is -2.37. The van der Waals surface area contributed by atoms with E-state index in [1.54, 1.807) is 0 Å². The first kappa shape index (κ1) is 19.2. The van der Waals surface area contributed by atoms with Gasteiger partial charge in [0.25, 0.3) is 0 Å². The van der Waals surface area contributed by atoms with Gasteiger partial charge in [-0.2, -0.15) is 0 Å². The average Bonchev–Trinajstić information content (AvgIpc) is 2.66. The van der Waals surface area contributed by atoms with Crippen LogP contribution in [0.2, 0.25) is 0 Å². The minimum absolute atomic E-state index is 0.205. The fourth-order valence-electron chi connectivity index (χ4n) is 3.65. The van der Waals surface area contributed by atoms with Crippen LogP contribution in [0, 0.1) is 6.92 Å². The highest BCUT2D eigenvalue weighted by atomic mass is 16.3. The second kappa shape index (κ2) is 8.91. The van der Waals surface area contributed by atoms with E-state index in [0.717, 1.165) is 37.2 Å². The highest BCUT2D eigenvalue weighted by Gasteiger charge is 2.19. The van der Waals surface area contributed by atoms with Crippen molar-refractivity contribution in [2.75, 3.05) is 29.9 Å². The summed E-state index contributed by atoms with van der Waals surface area (Å²) in [5, 5.41) is 15.8. The molecule has 1 aliphatic carbocycles. The maximum Gasteiger partial charge on any atom is 0.319 e. The Balaban J connectivity index is 1.54. The molecule has 0 saturated heterocycles. The van der Waals surface area contributed by atoms with Crippen LogP contribution >= 0.6 is 0 Å². The number of fused-ring (bicyclic) bond motifs is 1. The van der Waals surface area contributed by atoms with E-state index < -0.39 is 0 Å². The Morgan fingerprint density at radius 1 is 1.26 bits per heavy atom.